The van der Waals surface area contributed by atoms with Crippen molar-refractivity contribution in [3.63, 3.8) is 0 Å². The third-order valence-corrected chi connectivity index (χ3v) is 5.40. The van der Waals surface area contributed by atoms with E-state index in [0.29, 0.717) is 12.3 Å². The molecule has 1 aliphatic carbocycles. The minimum Gasteiger partial charge on any atom is -0.507 e. The molecular weight excluding hydrogens is 334 g/mol. The Bertz CT molecular complexity index is 991. The number of aryl methyl sites for hydroxylation is 2. The van der Waals surface area contributed by atoms with E-state index in [-0.39, 0.29) is 5.41 Å². The molecule has 0 amide bonds. The Balaban J connectivity index is 1.85. The minimum atomic E-state index is -0.173. The number of benzene rings is 2. The van der Waals surface area contributed by atoms with E-state index in [2.05, 4.69) is 37.9 Å². The van der Waals surface area contributed by atoms with Crippen LogP contribution >= 0.6 is 0 Å². The van der Waals surface area contributed by atoms with Gasteiger partial charge in [-0.3, -0.25) is 4.99 Å². The molecular formula is C24H27NO2. The van der Waals surface area contributed by atoms with Gasteiger partial charge in [-0.2, -0.15) is 0 Å². The summed E-state index contributed by atoms with van der Waals surface area (Å²) in [6.45, 7) is 6.94. The molecule has 0 saturated heterocycles. The third kappa shape index (κ3) is 3.39. The van der Waals surface area contributed by atoms with Crippen LogP contribution in [0.4, 0.5) is 0 Å². The molecule has 0 fully saturated rings. The molecule has 0 radical (unpaired) electrons. The standard InChI is InChI=1S/C24H27NO2/c1-24(2,3)19-13-21-22(17-11-7-8-12-20(17)27-21)18(23(19)26)15-25-14-16-9-5-4-6-10-16/h4-6,9-10,13,15,26H,7-8,11-12,14H2,1-3H3. The topological polar surface area (TPSA) is 45.7 Å². The molecule has 3 nitrogen and oxygen atoms in total. The van der Waals surface area contributed by atoms with Crippen LogP contribution in [0.5, 0.6) is 5.75 Å². The molecule has 3 heteroatoms. The summed E-state index contributed by atoms with van der Waals surface area (Å²) in [6, 6.07) is 12.2. The molecule has 3 aromatic rings. The van der Waals surface area contributed by atoms with Crippen molar-refractivity contribution in [2.24, 2.45) is 4.99 Å². The second-order valence-electron chi connectivity index (χ2n) is 8.48. The van der Waals surface area contributed by atoms with Gasteiger partial charge in [-0.15, -0.1) is 0 Å². The van der Waals surface area contributed by atoms with Crippen molar-refractivity contribution in [1.82, 2.24) is 0 Å². The van der Waals surface area contributed by atoms with E-state index in [9.17, 15) is 5.11 Å². The number of aliphatic imine (C=N–C) groups is 1. The third-order valence-electron chi connectivity index (χ3n) is 5.40. The Morgan fingerprint density at radius 2 is 1.85 bits per heavy atom. The maximum absolute atomic E-state index is 11.1. The Morgan fingerprint density at radius 3 is 2.59 bits per heavy atom. The molecule has 1 N–H and O–H groups in total. The number of phenolic OH excluding ortho intramolecular Hbond substituents is 1. The van der Waals surface area contributed by atoms with Gasteiger partial charge in [0.1, 0.15) is 17.1 Å². The Labute approximate surface area is 160 Å². The Kier molecular flexibility index (Phi) is 4.55. The van der Waals surface area contributed by atoms with Crippen LogP contribution in [-0.2, 0) is 24.8 Å². The summed E-state index contributed by atoms with van der Waals surface area (Å²) in [5.74, 6) is 1.42. The van der Waals surface area contributed by atoms with Gasteiger partial charge in [-0.1, -0.05) is 51.1 Å². The van der Waals surface area contributed by atoms with Crippen molar-refractivity contribution in [2.45, 2.75) is 58.4 Å². The van der Waals surface area contributed by atoms with E-state index in [0.717, 1.165) is 46.3 Å². The zero-order valence-corrected chi connectivity index (χ0v) is 16.4. The average molecular weight is 361 g/mol. The van der Waals surface area contributed by atoms with E-state index in [1.807, 2.05) is 30.5 Å². The molecule has 0 saturated carbocycles. The molecule has 1 heterocycles. The van der Waals surface area contributed by atoms with Gasteiger partial charge in [0.2, 0.25) is 0 Å². The van der Waals surface area contributed by atoms with Crippen LogP contribution in [0, 0.1) is 0 Å². The van der Waals surface area contributed by atoms with Gasteiger partial charge >= 0.3 is 0 Å². The maximum atomic E-state index is 11.1. The summed E-state index contributed by atoms with van der Waals surface area (Å²) < 4.78 is 6.21. The first kappa shape index (κ1) is 17.8. The average Bonchev–Trinajstić information content (AvgIpc) is 3.01. The molecule has 0 bridgehead atoms. The van der Waals surface area contributed by atoms with Crippen LogP contribution in [0.2, 0.25) is 0 Å². The molecule has 27 heavy (non-hydrogen) atoms. The number of nitrogens with zero attached hydrogens (tertiary/aromatic N) is 1. The zero-order valence-electron chi connectivity index (χ0n) is 16.4. The Morgan fingerprint density at radius 1 is 1.11 bits per heavy atom. The van der Waals surface area contributed by atoms with E-state index >= 15 is 0 Å². The molecule has 0 spiro atoms. The van der Waals surface area contributed by atoms with Crippen LogP contribution in [-0.4, -0.2) is 11.3 Å². The number of hydrogen-bond acceptors (Lipinski definition) is 3. The fourth-order valence-electron chi connectivity index (χ4n) is 3.97. The number of aromatic hydroxyl groups is 1. The minimum absolute atomic E-state index is 0.173. The second-order valence-corrected chi connectivity index (χ2v) is 8.48. The zero-order chi connectivity index (χ0) is 19.0. The largest absolute Gasteiger partial charge is 0.507 e. The monoisotopic (exact) mass is 361 g/mol. The second kappa shape index (κ2) is 6.88. The lowest BCUT2D eigenvalue weighted by Crippen LogP contribution is -2.12. The predicted octanol–water partition coefficient (Wildman–Crippen LogP) is 5.93. The number of phenols is 1. The normalized spacial score (nSPS) is 14.8. The van der Waals surface area contributed by atoms with Gasteiger partial charge in [0.25, 0.3) is 0 Å². The van der Waals surface area contributed by atoms with Crippen LogP contribution < -0.4 is 0 Å². The molecule has 2 aromatic carbocycles. The van der Waals surface area contributed by atoms with E-state index in [1.54, 1.807) is 0 Å². The maximum Gasteiger partial charge on any atom is 0.135 e. The summed E-state index contributed by atoms with van der Waals surface area (Å²) in [7, 11) is 0. The lowest BCUT2D eigenvalue weighted by atomic mass is 9.83. The van der Waals surface area contributed by atoms with Gasteiger partial charge in [-0.05, 0) is 36.3 Å². The Hall–Kier alpha value is -2.55. The van der Waals surface area contributed by atoms with Crippen LogP contribution in [0.15, 0.2) is 45.8 Å². The molecule has 0 unspecified atom stereocenters. The smallest absolute Gasteiger partial charge is 0.135 e. The molecule has 1 aliphatic rings. The van der Waals surface area contributed by atoms with Crippen LogP contribution in [0.3, 0.4) is 0 Å². The van der Waals surface area contributed by atoms with Crippen molar-refractivity contribution in [3.05, 3.63) is 64.4 Å². The van der Waals surface area contributed by atoms with Crippen LogP contribution in [0.1, 0.15) is 61.6 Å². The number of furan rings is 1. The number of fused-ring (bicyclic) bond motifs is 3. The van der Waals surface area contributed by atoms with E-state index < -0.39 is 0 Å². The quantitative estimate of drug-likeness (QED) is 0.587. The van der Waals surface area contributed by atoms with Gasteiger partial charge in [0, 0.05) is 34.7 Å². The van der Waals surface area contributed by atoms with Crippen molar-refractivity contribution < 1.29 is 9.52 Å². The van der Waals surface area contributed by atoms with Crippen molar-refractivity contribution in [2.75, 3.05) is 0 Å². The molecule has 1 aromatic heterocycles. The van der Waals surface area contributed by atoms with Gasteiger partial charge < -0.3 is 9.52 Å². The van der Waals surface area contributed by atoms with Gasteiger partial charge in [0.15, 0.2) is 0 Å². The first-order valence-electron chi connectivity index (χ1n) is 9.79. The van der Waals surface area contributed by atoms with Crippen LogP contribution in [0.25, 0.3) is 11.0 Å². The first-order valence-corrected chi connectivity index (χ1v) is 9.79. The molecule has 0 aliphatic heterocycles. The number of hydrogen-bond donors (Lipinski definition) is 1. The van der Waals surface area contributed by atoms with Gasteiger partial charge in [-0.25, -0.2) is 0 Å². The van der Waals surface area contributed by atoms with Crippen molar-refractivity contribution >= 4 is 17.2 Å². The van der Waals surface area contributed by atoms with Crippen molar-refractivity contribution in [1.29, 1.82) is 0 Å². The molecule has 140 valence electrons. The first-order chi connectivity index (χ1) is 12.9. The molecule has 0 atom stereocenters. The highest BCUT2D eigenvalue weighted by molar-refractivity contribution is 6.03. The highest BCUT2D eigenvalue weighted by atomic mass is 16.3. The van der Waals surface area contributed by atoms with E-state index in [1.165, 1.54) is 18.4 Å². The summed E-state index contributed by atoms with van der Waals surface area (Å²) in [4.78, 5) is 4.65. The fourth-order valence-corrected chi connectivity index (χ4v) is 3.97. The van der Waals surface area contributed by atoms with Gasteiger partial charge in [0.05, 0.1) is 6.54 Å². The van der Waals surface area contributed by atoms with Crippen molar-refractivity contribution in [3.8, 4) is 5.75 Å². The summed E-state index contributed by atoms with van der Waals surface area (Å²) in [5, 5.41) is 12.2. The van der Waals surface area contributed by atoms with E-state index in [4.69, 9.17) is 4.42 Å². The summed E-state index contributed by atoms with van der Waals surface area (Å²) in [5.41, 5.74) is 4.83. The predicted molar refractivity (Wildman–Crippen MR) is 111 cm³/mol. The lowest BCUT2D eigenvalue weighted by Gasteiger charge is -2.21. The number of rotatable bonds is 3. The highest BCUT2D eigenvalue weighted by Gasteiger charge is 2.27. The summed E-state index contributed by atoms with van der Waals surface area (Å²) >= 11 is 0. The highest BCUT2D eigenvalue weighted by Crippen LogP contribution is 2.42. The fraction of sp³-hybridized carbons (Fsp3) is 0.375. The lowest BCUT2D eigenvalue weighted by molar-refractivity contribution is 0.446. The summed E-state index contributed by atoms with van der Waals surface area (Å²) in [6.07, 6.45) is 6.17. The molecule has 4 rings (SSSR count). The SMILES string of the molecule is CC(C)(C)c1cc2oc3c(c2c(C=NCc2ccccc2)c1O)CCCC3.